The first kappa shape index (κ1) is 19.8. The van der Waals surface area contributed by atoms with Crippen molar-refractivity contribution in [3.05, 3.63) is 97.4 Å². The zero-order chi connectivity index (χ0) is 20.8. The van der Waals surface area contributed by atoms with Gasteiger partial charge < -0.3 is 4.74 Å². The summed E-state index contributed by atoms with van der Waals surface area (Å²) >= 11 is 13.1. The van der Waals surface area contributed by atoms with Gasteiger partial charge in [0.05, 0.1) is 11.8 Å². The molecule has 7 heteroatoms. The summed E-state index contributed by atoms with van der Waals surface area (Å²) in [6, 6.07) is 20.7. The van der Waals surface area contributed by atoms with E-state index in [2.05, 4.69) is 31.9 Å². The Kier molecular flexibility index (Phi) is 5.17. The molecule has 0 saturated heterocycles. The Balaban J connectivity index is 1.57. The van der Waals surface area contributed by atoms with Crippen molar-refractivity contribution in [3.8, 4) is 5.75 Å². The smallest absolute Gasteiger partial charge is 0.251 e. The summed E-state index contributed by atoms with van der Waals surface area (Å²) in [4.78, 5) is 13.3. The van der Waals surface area contributed by atoms with E-state index >= 15 is 0 Å². The van der Waals surface area contributed by atoms with Crippen molar-refractivity contribution >= 4 is 55.0 Å². The number of Topliss-reactive ketones (excluding diaryl/α,β-unsaturated/α-hetero) is 1. The molecule has 0 N–H and O–H groups in total. The molecule has 0 aromatic heterocycles. The Bertz CT molecular complexity index is 1160. The quantitative estimate of drug-likeness (QED) is 0.347. The fourth-order valence-electron chi connectivity index (χ4n) is 3.80. The van der Waals surface area contributed by atoms with E-state index in [1.54, 1.807) is 23.2 Å². The fraction of sp³-hybridized carbons (Fsp3) is 0.130. The van der Waals surface area contributed by atoms with Crippen LogP contribution < -0.4 is 4.74 Å². The number of ether oxygens (including phenoxy) is 1. The van der Waals surface area contributed by atoms with Crippen molar-refractivity contribution in [1.82, 2.24) is 5.01 Å². The largest absolute Gasteiger partial charge is 0.461 e. The number of benzene rings is 3. The van der Waals surface area contributed by atoms with Gasteiger partial charge in [-0.2, -0.15) is 5.10 Å². The summed E-state index contributed by atoms with van der Waals surface area (Å²) in [6.07, 6.45) is -0.166. The summed E-state index contributed by atoms with van der Waals surface area (Å²) in [6.45, 7) is 0. The highest BCUT2D eigenvalue weighted by Gasteiger charge is 2.43. The third-order valence-electron chi connectivity index (χ3n) is 5.28. The molecule has 5 rings (SSSR count). The summed E-state index contributed by atoms with van der Waals surface area (Å²) in [5.74, 6) is 0.539. The topological polar surface area (TPSA) is 41.9 Å². The van der Waals surface area contributed by atoms with Crippen LogP contribution in [0.2, 0.25) is 5.02 Å². The molecule has 4 nitrogen and oxygen atoms in total. The molecule has 0 radical (unpaired) electrons. The molecule has 2 heterocycles. The minimum atomic E-state index is -0.835. The van der Waals surface area contributed by atoms with Crippen molar-refractivity contribution in [2.24, 2.45) is 5.10 Å². The van der Waals surface area contributed by atoms with Crippen molar-refractivity contribution in [3.63, 3.8) is 0 Å². The molecule has 0 spiro atoms. The third kappa shape index (κ3) is 3.57. The van der Waals surface area contributed by atoms with Gasteiger partial charge in [-0.05, 0) is 48.0 Å². The van der Waals surface area contributed by atoms with Crippen LogP contribution >= 0.6 is 43.5 Å². The average Bonchev–Trinajstić information content (AvgIpc) is 3.19. The first-order chi connectivity index (χ1) is 14.5. The molecular weight excluding hydrogens is 532 g/mol. The summed E-state index contributed by atoms with van der Waals surface area (Å²) in [7, 11) is 0. The first-order valence-electron chi connectivity index (χ1n) is 9.37. The Labute approximate surface area is 195 Å². The molecule has 3 aromatic rings. The summed E-state index contributed by atoms with van der Waals surface area (Å²) in [5, 5.41) is 7.23. The number of ketones is 1. The Morgan fingerprint density at radius 3 is 2.37 bits per heavy atom. The van der Waals surface area contributed by atoms with E-state index in [-0.39, 0.29) is 11.8 Å². The zero-order valence-electron chi connectivity index (χ0n) is 15.6. The van der Waals surface area contributed by atoms with Crippen LogP contribution in [0.3, 0.4) is 0 Å². The van der Waals surface area contributed by atoms with Crippen LogP contribution in [0.4, 0.5) is 0 Å². The number of carbonyl (C=O) groups is 1. The van der Waals surface area contributed by atoms with Crippen LogP contribution in [0.15, 0.2) is 80.8 Å². The molecule has 0 aliphatic carbocycles. The third-order valence-corrected chi connectivity index (χ3v) is 6.57. The van der Waals surface area contributed by atoms with Gasteiger partial charge >= 0.3 is 0 Å². The Morgan fingerprint density at radius 1 is 1.00 bits per heavy atom. The minimum Gasteiger partial charge on any atom is -0.461 e. The number of halogens is 3. The van der Waals surface area contributed by atoms with Gasteiger partial charge in [0.15, 0.2) is 0 Å². The number of hydrazone groups is 1. The normalized spacial score (nSPS) is 19.6. The molecule has 0 amide bonds. The number of hydrogen-bond acceptors (Lipinski definition) is 4. The molecule has 2 atom stereocenters. The molecule has 0 saturated carbocycles. The summed E-state index contributed by atoms with van der Waals surface area (Å²) in [5.41, 5.74) is 3.45. The fourth-order valence-corrected chi connectivity index (χ4v) is 4.51. The molecule has 2 aliphatic rings. The monoisotopic (exact) mass is 544 g/mol. The van der Waals surface area contributed by atoms with Gasteiger partial charge in [-0.1, -0.05) is 67.7 Å². The van der Waals surface area contributed by atoms with Crippen LogP contribution in [0.1, 0.15) is 33.9 Å². The van der Waals surface area contributed by atoms with Gasteiger partial charge in [0.2, 0.25) is 5.78 Å². The first-order valence-corrected chi connectivity index (χ1v) is 11.3. The molecule has 0 fully saturated rings. The van der Waals surface area contributed by atoms with Crippen molar-refractivity contribution in [1.29, 1.82) is 0 Å². The van der Waals surface area contributed by atoms with E-state index in [1.165, 1.54) is 0 Å². The average molecular weight is 547 g/mol. The molecular formula is C23H15Br2ClN2O2. The maximum absolute atomic E-state index is 13.3. The van der Waals surface area contributed by atoms with E-state index in [1.807, 2.05) is 48.5 Å². The van der Waals surface area contributed by atoms with Crippen molar-refractivity contribution in [2.75, 3.05) is 0 Å². The van der Waals surface area contributed by atoms with Gasteiger partial charge in [0, 0.05) is 31.5 Å². The standard InChI is InChI=1S/C23H15Br2ClN2O2/c24-15-5-1-13(2-6-15)19-12-20-18-11-17(26)9-10-21(18)30-23(28(20)27-19)22(29)14-3-7-16(25)8-4-14/h1-11,20,23H,12H2/t20-,23+/m0/s1. The van der Waals surface area contributed by atoms with Crippen LogP contribution in [-0.4, -0.2) is 22.7 Å². The van der Waals surface area contributed by atoms with Crippen LogP contribution in [-0.2, 0) is 0 Å². The second-order valence-electron chi connectivity index (χ2n) is 7.18. The lowest BCUT2D eigenvalue weighted by Gasteiger charge is -2.37. The maximum atomic E-state index is 13.3. The van der Waals surface area contributed by atoms with Gasteiger partial charge in [-0.15, -0.1) is 0 Å². The van der Waals surface area contributed by atoms with E-state index in [0.717, 1.165) is 25.8 Å². The van der Waals surface area contributed by atoms with Crippen LogP contribution in [0.5, 0.6) is 5.75 Å². The number of rotatable bonds is 3. The maximum Gasteiger partial charge on any atom is 0.251 e. The highest BCUT2D eigenvalue weighted by atomic mass is 79.9. The van der Waals surface area contributed by atoms with Crippen molar-refractivity contribution < 1.29 is 9.53 Å². The van der Waals surface area contributed by atoms with Gasteiger partial charge in [0.25, 0.3) is 6.23 Å². The molecule has 3 aromatic carbocycles. The highest BCUT2D eigenvalue weighted by Crippen LogP contribution is 2.44. The van der Waals surface area contributed by atoms with Crippen LogP contribution in [0.25, 0.3) is 0 Å². The lowest BCUT2D eigenvalue weighted by Crippen LogP contribution is -2.45. The minimum absolute atomic E-state index is 0.115. The summed E-state index contributed by atoms with van der Waals surface area (Å²) < 4.78 is 8.06. The predicted molar refractivity (Wildman–Crippen MR) is 124 cm³/mol. The second kappa shape index (κ2) is 7.84. The van der Waals surface area contributed by atoms with E-state index in [4.69, 9.17) is 21.4 Å². The van der Waals surface area contributed by atoms with E-state index in [0.29, 0.717) is 22.8 Å². The molecule has 30 heavy (non-hydrogen) atoms. The number of hydrogen-bond donors (Lipinski definition) is 0. The van der Waals surface area contributed by atoms with Gasteiger partial charge in [-0.3, -0.25) is 4.79 Å². The number of carbonyl (C=O) groups excluding carboxylic acids is 1. The Morgan fingerprint density at radius 2 is 1.67 bits per heavy atom. The molecule has 0 unspecified atom stereocenters. The lowest BCUT2D eigenvalue weighted by molar-refractivity contribution is -0.00455. The predicted octanol–water partition coefficient (Wildman–Crippen LogP) is 6.62. The number of fused-ring (bicyclic) bond motifs is 3. The zero-order valence-corrected chi connectivity index (χ0v) is 19.5. The molecule has 0 bridgehead atoms. The highest BCUT2D eigenvalue weighted by molar-refractivity contribution is 9.10. The SMILES string of the molecule is O=C(c1ccc(Br)cc1)[C@H]1Oc2ccc(Cl)cc2[C@@H]2CC(c3ccc(Br)cc3)=NN12. The van der Waals surface area contributed by atoms with Crippen LogP contribution in [0, 0.1) is 0 Å². The van der Waals surface area contributed by atoms with Gasteiger partial charge in [-0.25, -0.2) is 5.01 Å². The Hall–Kier alpha value is -2.15. The molecule has 2 aliphatic heterocycles. The van der Waals surface area contributed by atoms with Gasteiger partial charge in [0.1, 0.15) is 5.75 Å². The number of nitrogens with zero attached hydrogens (tertiary/aromatic N) is 2. The van der Waals surface area contributed by atoms with E-state index < -0.39 is 6.23 Å². The molecule has 150 valence electrons. The second-order valence-corrected chi connectivity index (χ2v) is 9.44. The lowest BCUT2D eigenvalue weighted by atomic mass is 9.96. The van der Waals surface area contributed by atoms with Crippen molar-refractivity contribution in [2.45, 2.75) is 18.7 Å². The van der Waals surface area contributed by atoms with E-state index in [9.17, 15) is 4.79 Å².